The van der Waals surface area contributed by atoms with Crippen LogP contribution in [0, 0.1) is 0 Å². The summed E-state index contributed by atoms with van der Waals surface area (Å²) in [5, 5.41) is 3.18. The minimum absolute atomic E-state index is 0.724. The van der Waals surface area contributed by atoms with Crippen molar-refractivity contribution in [3.63, 3.8) is 0 Å². The molecule has 1 aliphatic rings. The summed E-state index contributed by atoms with van der Waals surface area (Å²) in [6.07, 6.45) is 9.45. The third kappa shape index (κ3) is 1.98. The fraction of sp³-hybridized carbons (Fsp3) is 0.727. The van der Waals surface area contributed by atoms with Crippen LogP contribution < -0.4 is 5.32 Å². The van der Waals surface area contributed by atoms with Crippen LogP contribution in [0.5, 0.6) is 0 Å². The van der Waals surface area contributed by atoms with Crippen molar-refractivity contribution in [2.24, 2.45) is 0 Å². The van der Waals surface area contributed by atoms with E-state index in [1.165, 1.54) is 31.5 Å². The minimum Gasteiger partial charge on any atom is -0.333 e. The maximum Gasteiger partial charge on any atom is 0.111 e. The van der Waals surface area contributed by atoms with Crippen LogP contribution in [-0.2, 0) is 6.54 Å². The summed E-state index contributed by atoms with van der Waals surface area (Å²) < 4.78 is 2.30. The molecule has 0 bridgehead atoms. The smallest absolute Gasteiger partial charge is 0.111 e. The van der Waals surface area contributed by atoms with E-state index in [4.69, 9.17) is 0 Å². The number of aromatic nitrogens is 2. The lowest BCUT2D eigenvalue weighted by Crippen LogP contribution is -2.17. The van der Waals surface area contributed by atoms with Gasteiger partial charge in [0.15, 0.2) is 0 Å². The largest absolute Gasteiger partial charge is 0.333 e. The number of likely N-dealkylation sites (N-methyl/N-ethyl adjacent to an activating group) is 1. The summed E-state index contributed by atoms with van der Waals surface area (Å²) in [4.78, 5) is 4.49. The summed E-state index contributed by atoms with van der Waals surface area (Å²) in [5.41, 5.74) is 0. The highest BCUT2D eigenvalue weighted by molar-refractivity contribution is 5.02. The Kier molecular flexibility index (Phi) is 3.19. The number of imidazole rings is 1. The van der Waals surface area contributed by atoms with Crippen LogP contribution in [0.25, 0.3) is 0 Å². The van der Waals surface area contributed by atoms with Gasteiger partial charge in [-0.05, 0) is 19.9 Å². The van der Waals surface area contributed by atoms with E-state index >= 15 is 0 Å². The first-order valence-corrected chi connectivity index (χ1v) is 5.57. The van der Waals surface area contributed by atoms with Gasteiger partial charge in [0.2, 0.25) is 0 Å². The normalized spacial score (nSPS) is 17.8. The van der Waals surface area contributed by atoms with Crippen LogP contribution in [0.3, 0.4) is 0 Å². The Hall–Kier alpha value is -0.830. The van der Waals surface area contributed by atoms with Crippen molar-refractivity contribution in [3.05, 3.63) is 18.2 Å². The summed E-state index contributed by atoms with van der Waals surface area (Å²) >= 11 is 0. The predicted octanol–water partition coefficient (Wildman–Crippen LogP) is 1.76. The van der Waals surface area contributed by atoms with E-state index < -0.39 is 0 Å². The maximum atomic E-state index is 4.49. The van der Waals surface area contributed by atoms with Gasteiger partial charge in [0.25, 0.3) is 0 Å². The first kappa shape index (κ1) is 9.71. The van der Waals surface area contributed by atoms with Crippen LogP contribution in [0.15, 0.2) is 12.4 Å². The van der Waals surface area contributed by atoms with Crippen molar-refractivity contribution in [2.45, 2.75) is 38.1 Å². The van der Waals surface area contributed by atoms with Gasteiger partial charge in [0.1, 0.15) is 5.82 Å². The third-order valence-electron chi connectivity index (χ3n) is 3.07. The van der Waals surface area contributed by atoms with Crippen molar-refractivity contribution in [2.75, 3.05) is 13.6 Å². The molecule has 78 valence electrons. The van der Waals surface area contributed by atoms with Gasteiger partial charge in [-0.25, -0.2) is 4.98 Å². The lowest BCUT2D eigenvalue weighted by Gasteiger charge is -2.12. The zero-order valence-corrected chi connectivity index (χ0v) is 8.87. The van der Waals surface area contributed by atoms with Crippen molar-refractivity contribution in [1.82, 2.24) is 14.9 Å². The summed E-state index contributed by atoms with van der Waals surface area (Å²) in [6, 6.07) is 0. The lowest BCUT2D eigenvalue weighted by atomic mass is 10.1. The average molecular weight is 193 g/mol. The van der Waals surface area contributed by atoms with Gasteiger partial charge in [0.05, 0.1) is 0 Å². The number of nitrogens with zero attached hydrogens (tertiary/aromatic N) is 2. The molecule has 2 rings (SSSR count). The Labute approximate surface area is 85.5 Å². The fourth-order valence-corrected chi connectivity index (χ4v) is 2.29. The van der Waals surface area contributed by atoms with Gasteiger partial charge in [-0.1, -0.05) is 12.8 Å². The van der Waals surface area contributed by atoms with E-state index in [0.717, 1.165) is 19.0 Å². The molecule has 1 aliphatic carbocycles. The first-order chi connectivity index (χ1) is 6.92. The zero-order valence-electron chi connectivity index (χ0n) is 8.87. The Morgan fingerprint density at radius 3 is 3.00 bits per heavy atom. The first-order valence-electron chi connectivity index (χ1n) is 5.57. The van der Waals surface area contributed by atoms with Gasteiger partial charge in [-0.15, -0.1) is 0 Å². The van der Waals surface area contributed by atoms with Crippen molar-refractivity contribution in [3.8, 4) is 0 Å². The zero-order chi connectivity index (χ0) is 9.80. The molecule has 1 saturated carbocycles. The monoisotopic (exact) mass is 193 g/mol. The van der Waals surface area contributed by atoms with E-state index in [2.05, 4.69) is 21.1 Å². The van der Waals surface area contributed by atoms with Gasteiger partial charge in [-0.3, -0.25) is 0 Å². The maximum absolute atomic E-state index is 4.49. The van der Waals surface area contributed by atoms with E-state index in [1.807, 2.05) is 13.2 Å². The number of nitrogens with one attached hydrogen (secondary N) is 1. The van der Waals surface area contributed by atoms with Crippen LogP contribution in [-0.4, -0.2) is 23.1 Å². The molecule has 0 radical (unpaired) electrons. The highest BCUT2D eigenvalue weighted by atomic mass is 15.1. The summed E-state index contributed by atoms with van der Waals surface area (Å²) in [6.45, 7) is 2.07. The van der Waals surface area contributed by atoms with E-state index in [0.29, 0.717) is 0 Å². The van der Waals surface area contributed by atoms with Gasteiger partial charge in [-0.2, -0.15) is 0 Å². The molecule has 0 unspecified atom stereocenters. The van der Waals surface area contributed by atoms with Gasteiger partial charge >= 0.3 is 0 Å². The summed E-state index contributed by atoms with van der Waals surface area (Å²) in [7, 11) is 1.99. The minimum atomic E-state index is 0.724. The Bertz CT molecular complexity index is 274. The average Bonchev–Trinajstić information content (AvgIpc) is 2.84. The van der Waals surface area contributed by atoms with Crippen molar-refractivity contribution in [1.29, 1.82) is 0 Å². The second kappa shape index (κ2) is 4.60. The highest BCUT2D eigenvalue weighted by Gasteiger charge is 2.20. The topological polar surface area (TPSA) is 29.9 Å². The molecule has 0 amide bonds. The number of hydrogen-bond donors (Lipinski definition) is 1. The second-order valence-electron chi connectivity index (χ2n) is 4.06. The van der Waals surface area contributed by atoms with Gasteiger partial charge < -0.3 is 9.88 Å². The molecule has 0 spiro atoms. The molecular weight excluding hydrogens is 174 g/mol. The number of hydrogen-bond acceptors (Lipinski definition) is 2. The molecular formula is C11H19N3. The Balaban J connectivity index is 2.04. The van der Waals surface area contributed by atoms with Crippen LogP contribution in [0.2, 0.25) is 0 Å². The van der Waals surface area contributed by atoms with E-state index in [-0.39, 0.29) is 0 Å². The predicted molar refractivity (Wildman–Crippen MR) is 57.4 cm³/mol. The molecule has 0 saturated heterocycles. The third-order valence-corrected chi connectivity index (χ3v) is 3.07. The van der Waals surface area contributed by atoms with Crippen molar-refractivity contribution >= 4 is 0 Å². The van der Waals surface area contributed by atoms with Gasteiger partial charge in [0, 0.05) is 31.4 Å². The standard InChI is InChI=1S/C11H19N3/c1-12-6-8-14-9-7-13-11(14)10-4-2-3-5-10/h7,9-10,12H,2-6,8H2,1H3. The highest BCUT2D eigenvalue weighted by Crippen LogP contribution is 2.32. The Morgan fingerprint density at radius 1 is 1.50 bits per heavy atom. The molecule has 3 heteroatoms. The van der Waals surface area contributed by atoms with Crippen LogP contribution >= 0.6 is 0 Å². The molecule has 1 aromatic heterocycles. The van der Waals surface area contributed by atoms with Crippen molar-refractivity contribution < 1.29 is 0 Å². The quantitative estimate of drug-likeness (QED) is 0.789. The molecule has 1 aromatic rings. The summed E-state index contributed by atoms with van der Waals surface area (Å²) in [5.74, 6) is 2.03. The molecule has 3 nitrogen and oxygen atoms in total. The lowest BCUT2D eigenvalue weighted by molar-refractivity contribution is 0.565. The fourth-order valence-electron chi connectivity index (χ4n) is 2.29. The molecule has 0 aliphatic heterocycles. The molecule has 0 aromatic carbocycles. The molecule has 0 atom stereocenters. The van der Waals surface area contributed by atoms with Crippen LogP contribution in [0.1, 0.15) is 37.4 Å². The molecule has 14 heavy (non-hydrogen) atoms. The molecule has 1 fully saturated rings. The second-order valence-corrected chi connectivity index (χ2v) is 4.06. The van der Waals surface area contributed by atoms with E-state index in [1.54, 1.807) is 0 Å². The molecule has 1 N–H and O–H groups in total. The SMILES string of the molecule is CNCCn1ccnc1C1CCCC1. The Morgan fingerprint density at radius 2 is 2.29 bits per heavy atom. The number of rotatable bonds is 4. The molecule has 1 heterocycles. The van der Waals surface area contributed by atoms with E-state index in [9.17, 15) is 0 Å². The van der Waals surface area contributed by atoms with Crippen LogP contribution in [0.4, 0.5) is 0 Å².